The molecule has 4 aromatic rings. The first kappa shape index (κ1) is 21.3. The summed E-state index contributed by atoms with van der Waals surface area (Å²) in [5, 5.41) is 4.24. The normalized spacial score (nSPS) is 12.5. The Bertz CT molecular complexity index is 1220. The van der Waals surface area contributed by atoms with Crippen LogP contribution in [0.15, 0.2) is 72.8 Å². The second-order valence-corrected chi connectivity index (χ2v) is 9.36. The third kappa shape index (κ3) is 4.29. The molecule has 1 amide bonds. The molecule has 0 aliphatic rings. The number of carbonyl (C=O) groups is 1. The number of nitrogens with one attached hydrogen (secondary N) is 1. The molecule has 1 heterocycles. The van der Waals surface area contributed by atoms with Crippen LogP contribution < -0.4 is 10.1 Å². The molecule has 0 radical (unpaired) electrons. The molecular formula is C25H23ClN2O2S. The van der Waals surface area contributed by atoms with Gasteiger partial charge in [0.15, 0.2) is 5.13 Å². The molecule has 31 heavy (non-hydrogen) atoms. The van der Waals surface area contributed by atoms with Crippen LogP contribution in [0.25, 0.3) is 10.2 Å². The summed E-state index contributed by atoms with van der Waals surface area (Å²) in [5.74, 6) is 0.429. The van der Waals surface area contributed by atoms with E-state index in [0.717, 1.165) is 27.1 Å². The van der Waals surface area contributed by atoms with E-state index in [4.69, 9.17) is 16.3 Å². The van der Waals surface area contributed by atoms with Crippen molar-refractivity contribution < 1.29 is 9.53 Å². The number of ether oxygens (including phenoxy) is 1. The van der Waals surface area contributed by atoms with Gasteiger partial charge in [0.2, 0.25) is 5.91 Å². The maximum Gasteiger partial charge on any atom is 0.232 e. The molecule has 1 N–H and O–H groups in total. The average molecular weight is 451 g/mol. The summed E-state index contributed by atoms with van der Waals surface area (Å²) in [4.78, 5) is 18.1. The highest BCUT2D eigenvalue weighted by Gasteiger charge is 2.40. The van der Waals surface area contributed by atoms with Gasteiger partial charge in [0.1, 0.15) is 5.75 Å². The topological polar surface area (TPSA) is 51.2 Å². The minimum Gasteiger partial charge on any atom is -0.496 e. The third-order valence-corrected chi connectivity index (χ3v) is 6.63. The molecule has 1 atom stereocenters. The van der Waals surface area contributed by atoms with Gasteiger partial charge < -0.3 is 10.1 Å². The van der Waals surface area contributed by atoms with Gasteiger partial charge in [-0.1, -0.05) is 85.3 Å². The number of aromatic nitrogens is 1. The van der Waals surface area contributed by atoms with Crippen molar-refractivity contribution >= 4 is 44.2 Å². The van der Waals surface area contributed by atoms with Crippen molar-refractivity contribution in [2.24, 2.45) is 5.41 Å². The van der Waals surface area contributed by atoms with E-state index in [9.17, 15) is 4.79 Å². The SMILES string of the molecule is COc1ccccc1C(c1ccccc1)C(C)(C)C(=O)Nc1nc2ccc(Cl)cc2s1. The van der Waals surface area contributed by atoms with Crippen molar-refractivity contribution in [1.29, 1.82) is 0 Å². The fourth-order valence-electron chi connectivity index (χ4n) is 3.88. The first-order valence-electron chi connectivity index (χ1n) is 9.95. The molecule has 0 spiro atoms. The molecular weight excluding hydrogens is 428 g/mol. The van der Waals surface area contributed by atoms with Crippen LogP contribution in [0.5, 0.6) is 5.75 Å². The maximum atomic E-state index is 13.6. The number of fused-ring (bicyclic) bond motifs is 1. The Balaban J connectivity index is 1.73. The van der Waals surface area contributed by atoms with Gasteiger partial charge in [-0.05, 0) is 29.8 Å². The predicted molar refractivity (Wildman–Crippen MR) is 128 cm³/mol. The van der Waals surface area contributed by atoms with Crippen molar-refractivity contribution in [2.45, 2.75) is 19.8 Å². The number of anilines is 1. The number of hydrogen-bond acceptors (Lipinski definition) is 4. The van der Waals surface area contributed by atoms with Crippen molar-refractivity contribution in [2.75, 3.05) is 12.4 Å². The second-order valence-electron chi connectivity index (χ2n) is 7.89. The van der Waals surface area contributed by atoms with E-state index in [1.807, 2.05) is 80.6 Å². The molecule has 4 nitrogen and oxygen atoms in total. The lowest BCUT2D eigenvalue weighted by molar-refractivity contribution is -0.124. The van der Waals surface area contributed by atoms with E-state index in [0.29, 0.717) is 10.2 Å². The van der Waals surface area contributed by atoms with Crippen molar-refractivity contribution in [3.8, 4) is 5.75 Å². The van der Waals surface area contributed by atoms with Gasteiger partial charge in [-0.2, -0.15) is 0 Å². The van der Waals surface area contributed by atoms with Crippen LogP contribution in [0.2, 0.25) is 5.02 Å². The second kappa shape index (κ2) is 8.69. The summed E-state index contributed by atoms with van der Waals surface area (Å²) in [5.41, 5.74) is 2.04. The van der Waals surface area contributed by atoms with Gasteiger partial charge in [-0.15, -0.1) is 0 Å². The van der Waals surface area contributed by atoms with E-state index in [1.165, 1.54) is 11.3 Å². The van der Waals surface area contributed by atoms with Crippen LogP contribution in [-0.2, 0) is 4.79 Å². The largest absolute Gasteiger partial charge is 0.496 e. The minimum atomic E-state index is -0.786. The molecule has 3 aromatic carbocycles. The lowest BCUT2D eigenvalue weighted by atomic mass is 9.70. The maximum absolute atomic E-state index is 13.6. The van der Waals surface area contributed by atoms with Crippen LogP contribution in [0.4, 0.5) is 5.13 Å². The Labute approximate surface area is 190 Å². The van der Waals surface area contributed by atoms with Crippen molar-refractivity contribution in [3.63, 3.8) is 0 Å². The van der Waals surface area contributed by atoms with E-state index >= 15 is 0 Å². The number of carbonyl (C=O) groups excluding carboxylic acids is 1. The Morgan fingerprint density at radius 2 is 1.77 bits per heavy atom. The number of amides is 1. The zero-order chi connectivity index (χ0) is 22.0. The highest BCUT2D eigenvalue weighted by molar-refractivity contribution is 7.22. The van der Waals surface area contributed by atoms with E-state index in [-0.39, 0.29) is 11.8 Å². The Kier molecular flexibility index (Phi) is 5.99. The molecule has 0 aliphatic carbocycles. The Morgan fingerprint density at radius 3 is 2.52 bits per heavy atom. The van der Waals surface area contributed by atoms with Crippen molar-refractivity contribution in [3.05, 3.63) is 88.9 Å². The monoisotopic (exact) mass is 450 g/mol. The highest BCUT2D eigenvalue weighted by atomic mass is 35.5. The number of benzene rings is 3. The van der Waals surface area contributed by atoms with E-state index in [2.05, 4.69) is 10.3 Å². The molecule has 0 fully saturated rings. The summed E-state index contributed by atoms with van der Waals surface area (Å²) in [6, 6.07) is 23.4. The quantitative estimate of drug-likeness (QED) is 0.353. The molecule has 0 saturated carbocycles. The minimum absolute atomic E-state index is 0.114. The molecule has 1 unspecified atom stereocenters. The summed E-state index contributed by atoms with van der Waals surface area (Å²) in [7, 11) is 1.65. The fraction of sp³-hybridized carbons (Fsp3) is 0.200. The van der Waals surface area contributed by atoms with Crippen LogP contribution in [0.3, 0.4) is 0 Å². The van der Waals surface area contributed by atoms with Gasteiger partial charge >= 0.3 is 0 Å². The first-order valence-corrected chi connectivity index (χ1v) is 11.1. The fourth-order valence-corrected chi connectivity index (χ4v) is 5.01. The van der Waals surface area contributed by atoms with Crippen LogP contribution >= 0.6 is 22.9 Å². The summed E-state index contributed by atoms with van der Waals surface area (Å²) >= 11 is 7.51. The standard InChI is InChI=1S/C25H23ClN2O2S/c1-25(2,23(29)28-24-27-19-14-13-17(26)15-21(19)31-24)22(16-9-5-4-6-10-16)18-11-7-8-12-20(18)30-3/h4-15,22H,1-3H3,(H,27,28,29). The first-order chi connectivity index (χ1) is 14.9. The molecule has 0 aliphatic heterocycles. The third-order valence-electron chi connectivity index (χ3n) is 5.46. The molecule has 158 valence electrons. The van der Waals surface area contributed by atoms with Gasteiger partial charge in [0, 0.05) is 16.5 Å². The number of halogens is 1. The van der Waals surface area contributed by atoms with Gasteiger partial charge in [-0.25, -0.2) is 4.98 Å². The van der Waals surface area contributed by atoms with Crippen LogP contribution in [0.1, 0.15) is 30.9 Å². The lowest BCUT2D eigenvalue weighted by Gasteiger charge is -2.34. The molecule has 0 saturated heterocycles. The number of hydrogen-bond donors (Lipinski definition) is 1. The summed E-state index contributed by atoms with van der Waals surface area (Å²) in [6.07, 6.45) is 0. The molecule has 6 heteroatoms. The lowest BCUT2D eigenvalue weighted by Crippen LogP contribution is -2.37. The smallest absolute Gasteiger partial charge is 0.232 e. The predicted octanol–water partition coefficient (Wildman–Crippen LogP) is 6.76. The summed E-state index contributed by atoms with van der Waals surface area (Å²) < 4.78 is 6.57. The zero-order valence-electron chi connectivity index (χ0n) is 17.6. The summed E-state index contributed by atoms with van der Waals surface area (Å²) in [6.45, 7) is 3.91. The van der Waals surface area contributed by atoms with Gasteiger partial charge in [0.25, 0.3) is 0 Å². The van der Waals surface area contributed by atoms with Crippen LogP contribution in [0, 0.1) is 5.41 Å². The molecule has 4 rings (SSSR count). The number of methoxy groups -OCH3 is 1. The zero-order valence-corrected chi connectivity index (χ0v) is 19.1. The molecule has 0 bridgehead atoms. The number of nitrogens with zero attached hydrogens (tertiary/aromatic N) is 1. The number of para-hydroxylation sites is 1. The van der Waals surface area contributed by atoms with Gasteiger partial charge in [-0.3, -0.25) is 4.79 Å². The Hall–Kier alpha value is -2.89. The number of rotatable bonds is 6. The molecule has 1 aromatic heterocycles. The average Bonchev–Trinajstić information content (AvgIpc) is 3.16. The Morgan fingerprint density at radius 1 is 1.06 bits per heavy atom. The van der Waals surface area contributed by atoms with Crippen LogP contribution in [-0.4, -0.2) is 18.0 Å². The van der Waals surface area contributed by atoms with E-state index in [1.54, 1.807) is 13.2 Å². The van der Waals surface area contributed by atoms with Gasteiger partial charge in [0.05, 0.1) is 22.7 Å². The number of thiazole rings is 1. The highest BCUT2D eigenvalue weighted by Crippen LogP contribution is 2.45. The van der Waals surface area contributed by atoms with E-state index < -0.39 is 5.41 Å². The van der Waals surface area contributed by atoms with Crippen molar-refractivity contribution in [1.82, 2.24) is 4.98 Å².